The van der Waals surface area contributed by atoms with Gasteiger partial charge in [-0.25, -0.2) is 13.2 Å². The van der Waals surface area contributed by atoms with Crippen LogP contribution in [0.3, 0.4) is 0 Å². The van der Waals surface area contributed by atoms with Crippen LogP contribution < -0.4 is 0 Å². The summed E-state index contributed by atoms with van der Waals surface area (Å²) in [5.41, 5.74) is 0.642. The Hall–Kier alpha value is -1.03. The molecule has 4 heteroatoms. The quantitative estimate of drug-likeness (QED) is 0.797. The van der Waals surface area contributed by atoms with Crippen molar-refractivity contribution in [3.05, 3.63) is 35.9 Å². The monoisotopic (exact) mass is 204 g/mol. The van der Waals surface area contributed by atoms with Crippen LogP contribution in [-0.2, 0) is 6.42 Å². The third-order valence-electron chi connectivity index (χ3n) is 1.90. The first-order chi connectivity index (χ1) is 6.61. The Morgan fingerprint density at radius 1 is 1.07 bits per heavy atom. The Morgan fingerprint density at radius 2 is 1.64 bits per heavy atom. The van der Waals surface area contributed by atoms with Gasteiger partial charge in [0.25, 0.3) is 6.43 Å². The van der Waals surface area contributed by atoms with E-state index in [2.05, 4.69) is 0 Å². The molecule has 0 heterocycles. The number of benzene rings is 1. The average Bonchev–Trinajstić information content (AvgIpc) is 2.18. The number of rotatable bonds is 4. The third kappa shape index (κ3) is 3.03. The molecular weight excluding hydrogens is 193 g/mol. The van der Waals surface area contributed by atoms with Crippen LogP contribution in [0.15, 0.2) is 30.3 Å². The molecule has 0 amide bonds. The largest absolute Gasteiger partial charge is 0.390 e. The number of aliphatic hydroxyl groups is 1. The summed E-state index contributed by atoms with van der Waals surface area (Å²) in [6.45, 7) is 0. The first kappa shape index (κ1) is 11.0. The van der Waals surface area contributed by atoms with E-state index in [4.69, 9.17) is 5.11 Å². The van der Waals surface area contributed by atoms with Gasteiger partial charge in [0.1, 0.15) is 0 Å². The molecule has 0 radical (unpaired) electrons. The zero-order chi connectivity index (χ0) is 10.6. The van der Waals surface area contributed by atoms with Gasteiger partial charge < -0.3 is 5.11 Å². The van der Waals surface area contributed by atoms with E-state index in [1.807, 2.05) is 0 Å². The molecule has 1 N–H and O–H groups in total. The van der Waals surface area contributed by atoms with Crippen molar-refractivity contribution >= 4 is 0 Å². The fraction of sp³-hybridized carbons (Fsp3) is 0.400. The number of alkyl halides is 3. The molecule has 1 rings (SSSR count). The fourth-order valence-electron chi connectivity index (χ4n) is 1.14. The van der Waals surface area contributed by atoms with Crippen LogP contribution in [-0.4, -0.2) is 23.8 Å². The molecule has 0 saturated carbocycles. The Morgan fingerprint density at radius 3 is 2.14 bits per heavy atom. The maximum absolute atomic E-state index is 12.6. The van der Waals surface area contributed by atoms with Crippen molar-refractivity contribution in [3.63, 3.8) is 0 Å². The van der Waals surface area contributed by atoms with E-state index in [1.54, 1.807) is 30.3 Å². The number of aliphatic hydroxyl groups excluding tert-OH is 1. The van der Waals surface area contributed by atoms with Gasteiger partial charge in [0.2, 0.25) is 0 Å². The van der Waals surface area contributed by atoms with E-state index >= 15 is 0 Å². The second kappa shape index (κ2) is 5.00. The van der Waals surface area contributed by atoms with Crippen LogP contribution in [0.1, 0.15) is 5.56 Å². The highest BCUT2D eigenvalue weighted by Gasteiger charge is 2.27. The summed E-state index contributed by atoms with van der Waals surface area (Å²) < 4.78 is 36.3. The highest BCUT2D eigenvalue weighted by atomic mass is 19.3. The van der Waals surface area contributed by atoms with Crippen LogP contribution in [0.4, 0.5) is 13.2 Å². The average molecular weight is 204 g/mol. The third-order valence-corrected chi connectivity index (χ3v) is 1.90. The molecule has 78 valence electrons. The van der Waals surface area contributed by atoms with E-state index in [9.17, 15) is 13.2 Å². The maximum Gasteiger partial charge on any atom is 0.271 e. The lowest BCUT2D eigenvalue weighted by Crippen LogP contribution is -2.30. The molecule has 0 spiro atoms. The predicted octanol–water partition coefficient (Wildman–Crippen LogP) is 2.19. The van der Waals surface area contributed by atoms with Crippen molar-refractivity contribution in [1.82, 2.24) is 0 Å². The van der Waals surface area contributed by atoms with Crippen molar-refractivity contribution in [2.24, 2.45) is 0 Å². The molecule has 0 fully saturated rings. The molecule has 1 nitrogen and oxygen atoms in total. The molecule has 1 aromatic rings. The van der Waals surface area contributed by atoms with E-state index in [0.29, 0.717) is 5.56 Å². The molecule has 0 aliphatic carbocycles. The van der Waals surface area contributed by atoms with Gasteiger partial charge in [0.15, 0.2) is 6.17 Å². The van der Waals surface area contributed by atoms with E-state index in [0.717, 1.165) is 0 Å². The van der Waals surface area contributed by atoms with Crippen LogP contribution in [0.2, 0.25) is 0 Å². The lowest BCUT2D eigenvalue weighted by Gasteiger charge is -2.14. The molecule has 0 saturated heterocycles. The van der Waals surface area contributed by atoms with Crippen LogP contribution in [0, 0.1) is 0 Å². The summed E-state index contributed by atoms with van der Waals surface area (Å²) in [5, 5.41) is 9.09. The van der Waals surface area contributed by atoms with Gasteiger partial charge in [0, 0.05) is 6.42 Å². The van der Waals surface area contributed by atoms with Crippen molar-refractivity contribution in [3.8, 4) is 0 Å². The SMILES string of the molecule is OC(Cc1ccccc1)C(F)C(F)F. The van der Waals surface area contributed by atoms with Gasteiger partial charge in [-0.3, -0.25) is 0 Å². The Balaban J connectivity index is 2.53. The first-order valence-electron chi connectivity index (χ1n) is 4.25. The van der Waals surface area contributed by atoms with E-state index in [-0.39, 0.29) is 6.42 Å². The number of halogens is 3. The maximum atomic E-state index is 12.6. The predicted molar refractivity (Wildman–Crippen MR) is 47.1 cm³/mol. The fourth-order valence-corrected chi connectivity index (χ4v) is 1.14. The summed E-state index contributed by atoms with van der Waals surface area (Å²) in [7, 11) is 0. The van der Waals surface area contributed by atoms with E-state index in [1.165, 1.54) is 0 Å². The van der Waals surface area contributed by atoms with Gasteiger partial charge in [-0.2, -0.15) is 0 Å². The molecule has 0 aliphatic heterocycles. The van der Waals surface area contributed by atoms with Gasteiger partial charge in [-0.1, -0.05) is 30.3 Å². The van der Waals surface area contributed by atoms with Crippen LogP contribution in [0.5, 0.6) is 0 Å². The highest BCUT2D eigenvalue weighted by molar-refractivity contribution is 5.15. The zero-order valence-electron chi connectivity index (χ0n) is 7.41. The Labute approximate surface area is 80.2 Å². The summed E-state index contributed by atoms with van der Waals surface area (Å²) in [6.07, 6.45) is -7.34. The molecule has 0 aromatic heterocycles. The van der Waals surface area contributed by atoms with Gasteiger partial charge in [-0.15, -0.1) is 0 Å². The minimum absolute atomic E-state index is 0.0909. The Kier molecular flexibility index (Phi) is 3.95. The molecule has 14 heavy (non-hydrogen) atoms. The highest BCUT2D eigenvalue weighted by Crippen LogP contribution is 2.14. The van der Waals surface area contributed by atoms with Crippen LogP contribution in [0.25, 0.3) is 0 Å². The number of hydrogen-bond acceptors (Lipinski definition) is 1. The lowest BCUT2D eigenvalue weighted by molar-refractivity contribution is -0.0282. The molecule has 0 bridgehead atoms. The summed E-state index contributed by atoms with van der Waals surface area (Å²) in [6, 6.07) is 8.48. The Bertz CT molecular complexity index is 263. The minimum atomic E-state index is -3.13. The summed E-state index contributed by atoms with van der Waals surface area (Å²) in [4.78, 5) is 0. The molecular formula is C10H11F3O. The van der Waals surface area contributed by atoms with Crippen molar-refractivity contribution in [2.75, 3.05) is 0 Å². The van der Waals surface area contributed by atoms with Crippen molar-refractivity contribution in [2.45, 2.75) is 25.1 Å². The van der Waals surface area contributed by atoms with Crippen molar-refractivity contribution in [1.29, 1.82) is 0 Å². The number of hydrogen-bond donors (Lipinski definition) is 1. The minimum Gasteiger partial charge on any atom is -0.390 e. The van der Waals surface area contributed by atoms with Gasteiger partial charge >= 0.3 is 0 Å². The summed E-state index contributed by atoms with van der Waals surface area (Å²) in [5.74, 6) is 0. The molecule has 2 atom stereocenters. The second-order valence-corrected chi connectivity index (χ2v) is 3.04. The molecule has 2 unspecified atom stereocenters. The smallest absolute Gasteiger partial charge is 0.271 e. The lowest BCUT2D eigenvalue weighted by atomic mass is 10.1. The van der Waals surface area contributed by atoms with E-state index < -0.39 is 18.7 Å². The zero-order valence-corrected chi connectivity index (χ0v) is 7.41. The summed E-state index contributed by atoms with van der Waals surface area (Å²) >= 11 is 0. The topological polar surface area (TPSA) is 20.2 Å². The molecule has 1 aromatic carbocycles. The van der Waals surface area contributed by atoms with Gasteiger partial charge in [0.05, 0.1) is 6.10 Å². The van der Waals surface area contributed by atoms with Gasteiger partial charge in [-0.05, 0) is 5.56 Å². The molecule has 0 aliphatic rings. The van der Waals surface area contributed by atoms with Crippen molar-refractivity contribution < 1.29 is 18.3 Å². The van der Waals surface area contributed by atoms with Crippen LogP contribution >= 0.6 is 0 Å². The normalized spacial score (nSPS) is 15.5. The standard InChI is InChI=1S/C10H11F3O/c11-9(10(12)13)8(14)6-7-4-2-1-3-5-7/h1-5,8-10,14H,6H2. The first-order valence-corrected chi connectivity index (χ1v) is 4.25. The second-order valence-electron chi connectivity index (χ2n) is 3.04.